The second-order valence-corrected chi connectivity index (χ2v) is 7.31. The van der Waals surface area contributed by atoms with E-state index < -0.39 is 23.8 Å². The summed E-state index contributed by atoms with van der Waals surface area (Å²) in [6, 6.07) is 5.02. The summed E-state index contributed by atoms with van der Waals surface area (Å²) >= 11 is 0. The number of carbonyl (C=O) groups excluding carboxylic acids is 2. The molecule has 1 aromatic carbocycles. The van der Waals surface area contributed by atoms with Crippen LogP contribution in [0.4, 0.5) is 20.2 Å². The monoisotopic (exact) mass is 389 g/mol. The molecule has 2 amide bonds. The van der Waals surface area contributed by atoms with Crippen molar-refractivity contribution in [2.45, 2.75) is 37.8 Å². The van der Waals surface area contributed by atoms with Gasteiger partial charge in [-0.2, -0.15) is 5.10 Å². The Hall–Kier alpha value is -2.97. The van der Waals surface area contributed by atoms with Gasteiger partial charge in [0.1, 0.15) is 6.04 Å². The number of anilines is 2. The number of aryl methyl sites for hydroxylation is 1. The first-order chi connectivity index (χ1) is 13.3. The molecule has 1 aliphatic heterocycles. The topological polar surface area (TPSA) is 79.3 Å². The van der Waals surface area contributed by atoms with Crippen LogP contribution in [0.25, 0.3) is 0 Å². The molecule has 1 aliphatic carbocycles. The van der Waals surface area contributed by atoms with E-state index in [4.69, 9.17) is 0 Å². The largest absolute Gasteiger partial charge is 0.374 e. The number of carbonyl (C=O) groups is 2. The highest BCUT2D eigenvalue weighted by Crippen LogP contribution is 2.52. The summed E-state index contributed by atoms with van der Waals surface area (Å²) in [5.41, 5.74) is 3.55. The van der Waals surface area contributed by atoms with Gasteiger partial charge in [-0.05, 0) is 30.0 Å². The summed E-state index contributed by atoms with van der Waals surface area (Å²) in [7, 11) is 2.05. The number of halogens is 2. The zero-order valence-corrected chi connectivity index (χ0v) is 15.4. The zero-order valence-electron chi connectivity index (χ0n) is 15.4. The average molecular weight is 389 g/mol. The molecular weight excluding hydrogens is 368 g/mol. The third kappa shape index (κ3) is 3.69. The number of fused-ring (bicyclic) bond motifs is 1. The van der Waals surface area contributed by atoms with Gasteiger partial charge in [-0.15, -0.1) is 0 Å². The fourth-order valence-corrected chi connectivity index (χ4v) is 3.46. The van der Waals surface area contributed by atoms with E-state index in [0.29, 0.717) is 0 Å². The summed E-state index contributed by atoms with van der Waals surface area (Å²) in [4.78, 5) is 26.3. The van der Waals surface area contributed by atoms with Gasteiger partial charge >= 0.3 is 11.8 Å². The number of benzene rings is 1. The maximum atomic E-state index is 13.1. The summed E-state index contributed by atoms with van der Waals surface area (Å²) in [5.74, 6) is -4.41. The Kier molecular flexibility index (Phi) is 4.52. The molecule has 2 N–H and O–H groups in total. The Morgan fingerprint density at radius 2 is 2.11 bits per heavy atom. The Bertz CT molecular complexity index is 927. The fraction of sp³-hybridized carbons (Fsp3) is 0.421. The molecule has 1 fully saturated rings. The number of nitrogens with one attached hydrogen (secondary N) is 2. The molecule has 148 valence electrons. The molecule has 2 heterocycles. The molecule has 4 rings (SSSR count). The Balaban J connectivity index is 1.31. The van der Waals surface area contributed by atoms with Crippen molar-refractivity contribution in [3.8, 4) is 0 Å². The minimum Gasteiger partial charge on any atom is -0.374 e. The first-order valence-electron chi connectivity index (χ1n) is 9.17. The molecule has 1 atom stereocenters. The molecule has 1 saturated carbocycles. The lowest BCUT2D eigenvalue weighted by molar-refractivity contribution is -0.136. The van der Waals surface area contributed by atoms with Crippen LogP contribution in [0.5, 0.6) is 0 Å². The van der Waals surface area contributed by atoms with Crippen molar-refractivity contribution in [1.82, 2.24) is 15.1 Å². The lowest BCUT2D eigenvalue weighted by Gasteiger charge is -2.27. The van der Waals surface area contributed by atoms with Crippen molar-refractivity contribution in [1.29, 1.82) is 0 Å². The van der Waals surface area contributed by atoms with Crippen LogP contribution in [-0.4, -0.2) is 41.1 Å². The van der Waals surface area contributed by atoms with Crippen LogP contribution >= 0.6 is 0 Å². The van der Waals surface area contributed by atoms with Gasteiger partial charge in [0.05, 0.1) is 11.9 Å². The van der Waals surface area contributed by atoms with Crippen LogP contribution in [0, 0.1) is 0 Å². The lowest BCUT2D eigenvalue weighted by atomic mass is 9.99. The summed E-state index contributed by atoms with van der Waals surface area (Å²) in [6.45, 7) is 1.26. The van der Waals surface area contributed by atoms with Gasteiger partial charge in [0, 0.05) is 38.4 Å². The van der Waals surface area contributed by atoms with E-state index in [9.17, 15) is 18.4 Å². The van der Waals surface area contributed by atoms with Crippen molar-refractivity contribution >= 4 is 23.2 Å². The molecule has 1 unspecified atom stereocenters. The first-order valence-corrected chi connectivity index (χ1v) is 9.17. The number of aromatic nitrogens is 2. The molecule has 0 spiro atoms. The maximum absolute atomic E-state index is 13.1. The van der Waals surface area contributed by atoms with Crippen LogP contribution in [0.2, 0.25) is 0 Å². The third-order valence-corrected chi connectivity index (χ3v) is 5.13. The van der Waals surface area contributed by atoms with E-state index in [1.54, 1.807) is 0 Å². The highest BCUT2D eigenvalue weighted by atomic mass is 19.3. The predicted molar refractivity (Wildman–Crippen MR) is 99.3 cm³/mol. The normalized spacial score (nSPS) is 19.7. The molecule has 1 aromatic heterocycles. The molecule has 0 bridgehead atoms. The van der Waals surface area contributed by atoms with Crippen molar-refractivity contribution in [2.24, 2.45) is 0 Å². The van der Waals surface area contributed by atoms with Crippen molar-refractivity contribution in [2.75, 3.05) is 23.8 Å². The number of nitrogens with zero attached hydrogens (tertiary/aromatic N) is 3. The van der Waals surface area contributed by atoms with Crippen LogP contribution in [-0.2, 0) is 22.6 Å². The third-order valence-electron chi connectivity index (χ3n) is 5.13. The van der Waals surface area contributed by atoms with Gasteiger partial charge in [0.15, 0.2) is 0 Å². The van der Waals surface area contributed by atoms with Gasteiger partial charge in [0.2, 0.25) is 0 Å². The van der Waals surface area contributed by atoms with Crippen molar-refractivity contribution in [3.63, 3.8) is 0 Å². The highest BCUT2D eigenvalue weighted by Gasteiger charge is 2.59. The molecule has 7 nitrogen and oxygen atoms in total. The summed E-state index contributed by atoms with van der Waals surface area (Å²) in [5, 5.41) is 8.77. The molecule has 0 radical (unpaired) electrons. The summed E-state index contributed by atoms with van der Waals surface area (Å²) < 4.78 is 27.2. The number of amides is 2. The Morgan fingerprint density at radius 1 is 1.32 bits per heavy atom. The van der Waals surface area contributed by atoms with E-state index in [1.807, 2.05) is 18.2 Å². The van der Waals surface area contributed by atoms with Crippen molar-refractivity contribution < 1.29 is 18.4 Å². The molecule has 9 heteroatoms. The van der Waals surface area contributed by atoms with Crippen LogP contribution < -0.4 is 15.5 Å². The standard InChI is InChI=1S/C19H21F2N5O2/c1-25-6-2-3-13-7-12(4-5-15(13)25)9-22-17(27)18(28)24-14-10-23-26(11-14)16-8-19(16,20)21/h4-5,7,10-11,16H,2-3,6,8-9H2,1H3,(H,22,27)(H,24,28). The summed E-state index contributed by atoms with van der Waals surface area (Å²) in [6.07, 6.45) is 4.36. The van der Waals surface area contributed by atoms with E-state index in [0.717, 1.165) is 29.6 Å². The quantitative estimate of drug-likeness (QED) is 0.785. The van der Waals surface area contributed by atoms with E-state index in [2.05, 4.69) is 27.7 Å². The number of hydrogen-bond acceptors (Lipinski definition) is 4. The SMILES string of the molecule is CN1CCCc2cc(CNC(=O)C(=O)Nc3cnn(C4CC4(F)F)c3)ccc21. The highest BCUT2D eigenvalue weighted by molar-refractivity contribution is 6.39. The number of hydrogen-bond donors (Lipinski definition) is 2. The van der Waals surface area contributed by atoms with Gasteiger partial charge in [-0.25, -0.2) is 8.78 Å². The van der Waals surface area contributed by atoms with Crippen LogP contribution in [0.15, 0.2) is 30.6 Å². The fourth-order valence-electron chi connectivity index (χ4n) is 3.46. The van der Waals surface area contributed by atoms with Crippen molar-refractivity contribution in [3.05, 3.63) is 41.7 Å². The van der Waals surface area contributed by atoms with Gasteiger partial charge in [0.25, 0.3) is 5.92 Å². The van der Waals surface area contributed by atoms with Crippen LogP contribution in [0.1, 0.15) is 30.0 Å². The minimum atomic E-state index is -2.76. The Morgan fingerprint density at radius 3 is 2.86 bits per heavy atom. The second-order valence-electron chi connectivity index (χ2n) is 7.31. The lowest BCUT2D eigenvalue weighted by Crippen LogP contribution is -2.35. The molecule has 28 heavy (non-hydrogen) atoms. The zero-order chi connectivity index (χ0) is 19.9. The smallest absolute Gasteiger partial charge is 0.313 e. The molecule has 2 aromatic rings. The van der Waals surface area contributed by atoms with E-state index >= 15 is 0 Å². The van der Waals surface area contributed by atoms with Gasteiger partial charge in [-0.3, -0.25) is 14.3 Å². The molecule has 2 aliphatic rings. The van der Waals surface area contributed by atoms with E-state index in [1.165, 1.54) is 23.6 Å². The molecule has 0 saturated heterocycles. The number of alkyl halides is 2. The second kappa shape index (κ2) is 6.88. The minimum absolute atomic E-state index is 0.208. The van der Waals surface area contributed by atoms with Gasteiger partial charge < -0.3 is 15.5 Å². The maximum Gasteiger partial charge on any atom is 0.313 e. The van der Waals surface area contributed by atoms with Crippen LogP contribution in [0.3, 0.4) is 0 Å². The first kappa shape index (κ1) is 18.4. The molecular formula is C19H21F2N5O2. The number of rotatable bonds is 4. The average Bonchev–Trinajstić information content (AvgIpc) is 3.08. The van der Waals surface area contributed by atoms with Gasteiger partial charge in [-0.1, -0.05) is 12.1 Å². The van der Waals surface area contributed by atoms with E-state index in [-0.39, 0.29) is 18.7 Å². The Labute approximate surface area is 160 Å². The predicted octanol–water partition coefficient (Wildman–Crippen LogP) is 2.10.